The van der Waals surface area contributed by atoms with Crippen molar-refractivity contribution in [2.45, 2.75) is 31.1 Å². The van der Waals surface area contributed by atoms with Crippen LogP contribution < -0.4 is 4.72 Å². The number of nitrogens with one attached hydrogen (secondary N) is 1. The first-order chi connectivity index (χ1) is 12.7. The predicted molar refractivity (Wildman–Crippen MR) is 98.6 cm³/mol. The third-order valence-corrected chi connectivity index (χ3v) is 7.02. The zero-order valence-corrected chi connectivity index (χ0v) is 16.5. The standard InChI is InChI=1S/C16H22N4O5S2/c1-26(21,22)20-9-7-14(8-10-20)16-18-15(25-19-16)11-17-27(23,24)12-13-5-3-2-4-6-13/h2-6,14,17H,7-12H2,1H3. The number of nitrogens with zero attached hydrogens (tertiary/aromatic N) is 3. The summed E-state index contributed by atoms with van der Waals surface area (Å²) in [7, 11) is -6.71. The summed E-state index contributed by atoms with van der Waals surface area (Å²) in [6.45, 7) is 0.749. The molecular weight excluding hydrogens is 392 g/mol. The second-order valence-electron chi connectivity index (χ2n) is 6.55. The molecule has 0 spiro atoms. The van der Waals surface area contributed by atoms with Crippen molar-refractivity contribution in [1.82, 2.24) is 19.2 Å². The quantitative estimate of drug-likeness (QED) is 0.712. The Morgan fingerprint density at radius 2 is 1.81 bits per heavy atom. The molecule has 1 N–H and O–H groups in total. The average molecular weight is 415 g/mol. The van der Waals surface area contributed by atoms with Crippen LogP contribution in [0.1, 0.15) is 36.0 Å². The van der Waals surface area contributed by atoms with Crippen LogP contribution in [-0.2, 0) is 32.3 Å². The van der Waals surface area contributed by atoms with Gasteiger partial charge in [0.25, 0.3) is 0 Å². The van der Waals surface area contributed by atoms with Crippen molar-refractivity contribution in [2.24, 2.45) is 0 Å². The number of rotatable bonds is 7. The number of hydrogen-bond donors (Lipinski definition) is 1. The highest BCUT2D eigenvalue weighted by Gasteiger charge is 2.28. The van der Waals surface area contributed by atoms with E-state index in [1.54, 1.807) is 24.3 Å². The average Bonchev–Trinajstić information content (AvgIpc) is 3.09. The van der Waals surface area contributed by atoms with Crippen LogP contribution in [-0.4, -0.2) is 50.6 Å². The summed E-state index contributed by atoms with van der Waals surface area (Å²) in [5.41, 5.74) is 0.689. The Morgan fingerprint density at radius 3 is 2.44 bits per heavy atom. The number of aromatic nitrogens is 2. The maximum absolute atomic E-state index is 12.1. The van der Waals surface area contributed by atoms with Crippen molar-refractivity contribution in [2.75, 3.05) is 19.3 Å². The van der Waals surface area contributed by atoms with Gasteiger partial charge < -0.3 is 4.52 Å². The lowest BCUT2D eigenvalue weighted by Gasteiger charge is -2.28. The fourth-order valence-corrected chi connectivity index (χ4v) is 4.92. The topological polar surface area (TPSA) is 122 Å². The molecule has 0 atom stereocenters. The van der Waals surface area contributed by atoms with Gasteiger partial charge in [0.15, 0.2) is 5.82 Å². The van der Waals surface area contributed by atoms with E-state index in [0.29, 0.717) is 37.3 Å². The summed E-state index contributed by atoms with van der Waals surface area (Å²) in [6.07, 6.45) is 2.40. The van der Waals surface area contributed by atoms with Gasteiger partial charge >= 0.3 is 0 Å². The predicted octanol–water partition coefficient (Wildman–Crippen LogP) is 0.828. The third kappa shape index (κ3) is 5.58. The van der Waals surface area contributed by atoms with Gasteiger partial charge in [0.2, 0.25) is 25.9 Å². The first kappa shape index (κ1) is 19.9. The van der Waals surface area contributed by atoms with Crippen molar-refractivity contribution in [3.63, 3.8) is 0 Å². The molecule has 0 radical (unpaired) electrons. The molecule has 9 nitrogen and oxygen atoms in total. The van der Waals surface area contributed by atoms with Gasteiger partial charge in [-0.15, -0.1) is 0 Å². The van der Waals surface area contributed by atoms with Crippen LogP contribution in [0.3, 0.4) is 0 Å². The molecule has 27 heavy (non-hydrogen) atoms. The molecule has 2 heterocycles. The summed E-state index contributed by atoms with van der Waals surface area (Å²) in [5.74, 6) is 0.549. The largest absolute Gasteiger partial charge is 0.338 e. The second kappa shape index (κ2) is 8.05. The Bertz CT molecular complexity index is 965. The molecule has 0 unspecified atom stereocenters. The number of piperidine rings is 1. The molecule has 1 aromatic carbocycles. The second-order valence-corrected chi connectivity index (χ2v) is 10.3. The minimum Gasteiger partial charge on any atom is -0.338 e. The molecule has 0 amide bonds. The van der Waals surface area contributed by atoms with Crippen LogP contribution in [0.5, 0.6) is 0 Å². The molecule has 0 aliphatic carbocycles. The molecular formula is C16H22N4O5S2. The fourth-order valence-electron chi connectivity index (χ4n) is 2.97. The molecule has 3 rings (SSSR count). The van der Waals surface area contributed by atoms with Crippen molar-refractivity contribution in [3.8, 4) is 0 Å². The van der Waals surface area contributed by atoms with Crippen LogP contribution in [0.4, 0.5) is 0 Å². The molecule has 1 aromatic heterocycles. The van der Waals surface area contributed by atoms with E-state index in [-0.39, 0.29) is 24.1 Å². The molecule has 1 saturated heterocycles. The Hall–Kier alpha value is -1.82. The van der Waals surface area contributed by atoms with Crippen molar-refractivity contribution in [3.05, 3.63) is 47.6 Å². The third-order valence-electron chi connectivity index (χ3n) is 4.41. The van der Waals surface area contributed by atoms with E-state index in [0.717, 1.165) is 0 Å². The van der Waals surface area contributed by atoms with Crippen LogP contribution in [0.2, 0.25) is 0 Å². The van der Waals surface area contributed by atoms with Gasteiger partial charge in [-0.1, -0.05) is 35.5 Å². The highest BCUT2D eigenvalue weighted by molar-refractivity contribution is 7.88. The van der Waals surface area contributed by atoms with E-state index in [9.17, 15) is 16.8 Å². The maximum Gasteiger partial charge on any atom is 0.241 e. The van der Waals surface area contributed by atoms with Gasteiger partial charge in [0.05, 0.1) is 18.6 Å². The van der Waals surface area contributed by atoms with Gasteiger partial charge in [-0.3, -0.25) is 0 Å². The van der Waals surface area contributed by atoms with Gasteiger partial charge in [-0.25, -0.2) is 25.9 Å². The zero-order valence-electron chi connectivity index (χ0n) is 14.9. The fraction of sp³-hybridized carbons (Fsp3) is 0.500. The van der Waals surface area contributed by atoms with Gasteiger partial charge in [-0.2, -0.15) is 4.98 Å². The molecule has 1 aliphatic rings. The lowest BCUT2D eigenvalue weighted by atomic mass is 9.98. The molecule has 148 valence electrons. The lowest BCUT2D eigenvalue weighted by molar-refractivity contribution is 0.306. The Kier molecular flexibility index (Phi) is 5.94. The van der Waals surface area contributed by atoms with Gasteiger partial charge in [-0.05, 0) is 18.4 Å². The summed E-state index contributed by atoms with van der Waals surface area (Å²) >= 11 is 0. The first-order valence-corrected chi connectivity index (χ1v) is 12.0. The number of sulfonamides is 2. The van der Waals surface area contributed by atoms with Crippen LogP contribution in [0.15, 0.2) is 34.9 Å². The van der Waals surface area contributed by atoms with Crippen molar-refractivity contribution >= 4 is 20.0 Å². The Balaban J connectivity index is 1.54. The molecule has 1 fully saturated rings. The van der Waals surface area contributed by atoms with E-state index in [1.165, 1.54) is 10.6 Å². The SMILES string of the molecule is CS(=O)(=O)N1CCC(c2noc(CNS(=O)(=O)Cc3ccccc3)n2)CC1. The van der Waals surface area contributed by atoms with Gasteiger partial charge in [0, 0.05) is 19.0 Å². The monoisotopic (exact) mass is 414 g/mol. The highest BCUT2D eigenvalue weighted by atomic mass is 32.2. The lowest BCUT2D eigenvalue weighted by Crippen LogP contribution is -2.37. The minimum atomic E-state index is -3.52. The van der Waals surface area contributed by atoms with E-state index in [2.05, 4.69) is 14.9 Å². The molecule has 11 heteroatoms. The highest BCUT2D eigenvalue weighted by Crippen LogP contribution is 2.26. The van der Waals surface area contributed by atoms with E-state index in [4.69, 9.17) is 4.52 Å². The summed E-state index contributed by atoms with van der Waals surface area (Å²) < 4.78 is 56.4. The summed E-state index contributed by atoms with van der Waals surface area (Å²) in [4.78, 5) is 4.26. The minimum absolute atomic E-state index is 0.00132. The summed E-state index contributed by atoms with van der Waals surface area (Å²) in [6, 6.07) is 8.87. The van der Waals surface area contributed by atoms with Crippen molar-refractivity contribution < 1.29 is 21.4 Å². The van der Waals surface area contributed by atoms with Crippen LogP contribution in [0.25, 0.3) is 0 Å². The number of hydrogen-bond acceptors (Lipinski definition) is 7. The molecule has 0 saturated carbocycles. The van der Waals surface area contributed by atoms with Crippen LogP contribution >= 0.6 is 0 Å². The van der Waals surface area contributed by atoms with Crippen molar-refractivity contribution in [1.29, 1.82) is 0 Å². The normalized spacial score (nSPS) is 17.2. The van der Waals surface area contributed by atoms with E-state index in [1.807, 2.05) is 6.07 Å². The Labute approximate surface area is 158 Å². The smallest absolute Gasteiger partial charge is 0.241 e. The maximum atomic E-state index is 12.1. The molecule has 2 aromatic rings. The molecule has 1 aliphatic heterocycles. The van der Waals surface area contributed by atoms with Gasteiger partial charge in [0.1, 0.15) is 0 Å². The van der Waals surface area contributed by atoms with E-state index >= 15 is 0 Å². The molecule has 0 bridgehead atoms. The Morgan fingerprint density at radius 1 is 1.15 bits per heavy atom. The zero-order chi connectivity index (χ0) is 19.5. The van der Waals surface area contributed by atoms with Crippen LogP contribution in [0, 0.1) is 0 Å². The first-order valence-electron chi connectivity index (χ1n) is 8.52. The van der Waals surface area contributed by atoms with E-state index < -0.39 is 20.0 Å². The number of benzene rings is 1. The summed E-state index contributed by atoms with van der Waals surface area (Å²) in [5, 5.41) is 3.92.